The fourth-order valence-corrected chi connectivity index (χ4v) is 2.45. The Morgan fingerprint density at radius 2 is 2.21 bits per heavy atom. The van der Waals surface area contributed by atoms with Crippen molar-refractivity contribution < 1.29 is 9.84 Å². The lowest BCUT2D eigenvalue weighted by molar-refractivity contribution is 0.274. The first-order valence-corrected chi connectivity index (χ1v) is 6.83. The Morgan fingerprint density at radius 1 is 1.42 bits per heavy atom. The molecule has 6 heteroatoms. The number of aromatic nitrogens is 3. The highest BCUT2D eigenvalue weighted by Gasteiger charge is 2.12. The lowest BCUT2D eigenvalue weighted by atomic mass is 10.3. The van der Waals surface area contributed by atoms with Gasteiger partial charge in [-0.15, -0.1) is 0 Å². The highest BCUT2D eigenvalue weighted by molar-refractivity contribution is 9.10. The summed E-state index contributed by atoms with van der Waals surface area (Å²) in [5.74, 6) is 0.670. The number of hydrogen-bond acceptors (Lipinski definition) is 4. The molecule has 0 saturated carbocycles. The Kier molecular flexibility index (Phi) is 4.55. The molecule has 0 aromatic carbocycles. The second-order valence-corrected chi connectivity index (χ2v) is 4.91. The van der Waals surface area contributed by atoms with Gasteiger partial charge in [-0.25, -0.2) is 0 Å². The molecule has 0 aliphatic carbocycles. The third kappa shape index (κ3) is 3.13. The van der Waals surface area contributed by atoms with Gasteiger partial charge in [0.2, 0.25) is 0 Å². The molecule has 1 N–H and O–H groups in total. The normalized spacial score (nSPS) is 10.7. The molecule has 0 fully saturated rings. The van der Waals surface area contributed by atoms with Gasteiger partial charge in [-0.05, 0) is 34.5 Å². The molecule has 2 rings (SSSR count). The van der Waals surface area contributed by atoms with Crippen molar-refractivity contribution in [2.75, 3.05) is 0 Å². The van der Waals surface area contributed by atoms with Crippen LogP contribution in [-0.4, -0.2) is 19.9 Å². The smallest absolute Gasteiger partial charge is 0.138 e. The van der Waals surface area contributed by atoms with Crippen LogP contribution in [0, 0.1) is 0 Å². The standard InChI is InChI=1S/C13H16BrN3O2/c1-3-11-13(14)12(17(2)16-11)8-19-10-5-4-9(7-18)15-6-10/h4-6,18H,3,7-8H2,1-2H3. The molecule has 0 radical (unpaired) electrons. The second-order valence-electron chi connectivity index (χ2n) is 4.12. The summed E-state index contributed by atoms with van der Waals surface area (Å²) in [6.45, 7) is 2.42. The number of pyridine rings is 1. The summed E-state index contributed by atoms with van der Waals surface area (Å²) >= 11 is 3.55. The first-order chi connectivity index (χ1) is 9.15. The molecule has 0 bridgehead atoms. The third-order valence-electron chi connectivity index (χ3n) is 2.84. The first-order valence-electron chi connectivity index (χ1n) is 6.04. The zero-order valence-corrected chi connectivity index (χ0v) is 12.5. The van der Waals surface area contributed by atoms with Gasteiger partial charge in [-0.3, -0.25) is 9.67 Å². The molecule has 2 aromatic rings. The first kappa shape index (κ1) is 14.0. The Labute approximate surface area is 120 Å². The van der Waals surface area contributed by atoms with E-state index in [9.17, 15) is 0 Å². The maximum absolute atomic E-state index is 8.92. The molecule has 0 unspecified atom stereocenters. The van der Waals surface area contributed by atoms with Crippen molar-refractivity contribution in [3.63, 3.8) is 0 Å². The van der Waals surface area contributed by atoms with Gasteiger partial charge in [-0.2, -0.15) is 5.10 Å². The van der Waals surface area contributed by atoms with Crippen molar-refractivity contribution in [1.29, 1.82) is 0 Å². The molecule has 102 valence electrons. The molecule has 0 spiro atoms. The van der Waals surface area contributed by atoms with E-state index in [1.54, 1.807) is 18.3 Å². The van der Waals surface area contributed by atoms with E-state index < -0.39 is 0 Å². The quantitative estimate of drug-likeness (QED) is 0.915. The predicted octanol–water partition coefficient (Wildman–Crippen LogP) is 2.21. The molecule has 2 aromatic heterocycles. The number of halogens is 1. The molecule has 0 atom stereocenters. The van der Waals surface area contributed by atoms with Gasteiger partial charge in [0.15, 0.2) is 0 Å². The fourth-order valence-electron chi connectivity index (χ4n) is 1.72. The van der Waals surface area contributed by atoms with E-state index >= 15 is 0 Å². The van der Waals surface area contributed by atoms with Crippen LogP contribution in [0.5, 0.6) is 5.75 Å². The predicted molar refractivity (Wildman–Crippen MR) is 74.8 cm³/mol. The van der Waals surface area contributed by atoms with Crippen molar-refractivity contribution >= 4 is 15.9 Å². The summed E-state index contributed by atoms with van der Waals surface area (Å²) in [6.07, 6.45) is 2.48. The SMILES string of the molecule is CCc1nn(C)c(COc2ccc(CO)nc2)c1Br. The monoisotopic (exact) mass is 325 g/mol. The summed E-state index contributed by atoms with van der Waals surface area (Å²) in [5.41, 5.74) is 2.64. The maximum Gasteiger partial charge on any atom is 0.138 e. The minimum absolute atomic E-state index is 0.0621. The molecular weight excluding hydrogens is 310 g/mol. The topological polar surface area (TPSA) is 60.2 Å². The molecule has 0 aliphatic rings. The average Bonchev–Trinajstić information content (AvgIpc) is 2.72. The van der Waals surface area contributed by atoms with Crippen LogP contribution in [-0.2, 0) is 26.7 Å². The highest BCUT2D eigenvalue weighted by Crippen LogP contribution is 2.23. The van der Waals surface area contributed by atoms with Gasteiger partial charge in [0.25, 0.3) is 0 Å². The molecular formula is C13H16BrN3O2. The van der Waals surface area contributed by atoms with Crippen LogP contribution < -0.4 is 4.74 Å². The van der Waals surface area contributed by atoms with E-state index in [2.05, 4.69) is 32.9 Å². The van der Waals surface area contributed by atoms with Crippen LogP contribution in [0.25, 0.3) is 0 Å². The van der Waals surface area contributed by atoms with Crippen LogP contribution in [0.3, 0.4) is 0 Å². The van der Waals surface area contributed by atoms with Crippen LogP contribution in [0.4, 0.5) is 0 Å². The van der Waals surface area contributed by atoms with E-state index in [1.165, 1.54) is 0 Å². The Morgan fingerprint density at radius 3 is 2.74 bits per heavy atom. The third-order valence-corrected chi connectivity index (χ3v) is 3.75. The van der Waals surface area contributed by atoms with E-state index in [4.69, 9.17) is 9.84 Å². The van der Waals surface area contributed by atoms with Crippen LogP contribution >= 0.6 is 15.9 Å². The number of nitrogens with zero attached hydrogens (tertiary/aromatic N) is 3. The van der Waals surface area contributed by atoms with Gasteiger partial charge in [-0.1, -0.05) is 6.92 Å². The van der Waals surface area contributed by atoms with Crippen molar-refractivity contribution in [3.05, 3.63) is 39.9 Å². The number of rotatable bonds is 5. The Hall–Kier alpha value is -1.40. The molecule has 0 saturated heterocycles. The van der Waals surface area contributed by atoms with E-state index in [-0.39, 0.29) is 6.61 Å². The fraction of sp³-hybridized carbons (Fsp3) is 0.385. The van der Waals surface area contributed by atoms with Crippen LogP contribution in [0.2, 0.25) is 0 Å². The minimum Gasteiger partial charge on any atom is -0.486 e. The zero-order chi connectivity index (χ0) is 13.8. The van der Waals surface area contributed by atoms with E-state index in [0.717, 1.165) is 22.3 Å². The Balaban J connectivity index is 2.07. The van der Waals surface area contributed by atoms with Crippen molar-refractivity contribution in [3.8, 4) is 5.75 Å². The maximum atomic E-state index is 8.92. The largest absolute Gasteiger partial charge is 0.486 e. The van der Waals surface area contributed by atoms with E-state index in [1.807, 2.05) is 11.7 Å². The number of aryl methyl sites for hydroxylation is 2. The van der Waals surface area contributed by atoms with Gasteiger partial charge in [0.05, 0.1) is 34.4 Å². The number of hydrogen-bond donors (Lipinski definition) is 1. The van der Waals surface area contributed by atoms with E-state index in [0.29, 0.717) is 18.1 Å². The summed E-state index contributed by atoms with van der Waals surface area (Å²) in [7, 11) is 1.90. The van der Waals surface area contributed by atoms with Gasteiger partial charge < -0.3 is 9.84 Å². The number of aliphatic hydroxyl groups excluding tert-OH is 1. The lowest BCUT2D eigenvalue weighted by Gasteiger charge is -2.07. The van der Waals surface area contributed by atoms with Crippen LogP contribution in [0.1, 0.15) is 24.0 Å². The number of ether oxygens (including phenoxy) is 1. The van der Waals surface area contributed by atoms with Gasteiger partial charge in [0, 0.05) is 7.05 Å². The van der Waals surface area contributed by atoms with Crippen molar-refractivity contribution in [2.45, 2.75) is 26.6 Å². The Bertz CT molecular complexity index is 552. The van der Waals surface area contributed by atoms with Crippen molar-refractivity contribution in [2.24, 2.45) is 7.05 Å². The second kappa shape index (κ2) is 6.16. The van der Waals surface area contributed by atoms with Gasteiger partial charge in [0.1, 0.15) is 12.4 Å². The molecule has 2 heterocycles. The number of aliphatic hydroxyl groups is 1. The van der Waals surface area contributed by atoms with Crippen LogP contribution in [0.15, 0.2) is 22.8 Å². The zero-order valence-electron chi connectivity index (χ0n) is 10.9. The molecule has 19 heavy (non-hydrogen) atoms. The van der Waals surface area contributed by atoms with Gasteiger partial charge >= 0.3 is 0 Å². The average molecular weight is 326 g/mol. The molecule has 5 nitrogen and oxygen atoms in total. The minimum atomic E-state index is -0.0621. The lowest BCUT2D eigenvalue weighted by Crippen LogP contribution is -2.04. The molecule has 0 aliphatic heterocycles. The highest BCUT2D eigenvalue weighted by atomic mass is 79.9. The summed E-state index contributed by atoms with van der Waals surface area (Å²) in [5, 5.41) is 13.3. The van der Waals surface area contributed by atoms with Crippen molar-refractivity contribution in [1.82, 2.24) is 14.8 Å². The summed E-state index contributed by atoms with van der Waals surface area (Å²) in [6, 6.07) is 3.54. The summed E-state index contributed by atoms with van der Waals surface area (Å²) in [4.78, 5) is 4.07. The summed E-state index contributed by atoms with van der Waals surface area (Å²) < 4.78 is 8.49. The molecule has 0 amide bonds.